The fraction of sp³-hybridized carbons (Fsp3) is 0.600. The second kappa shape index (κ2) is 8.33. The Balaban J connectivity index is 1.66. The summed E-state index contributed by atoms with van der Waals surface area (Å²) in [6.07, 6.45) is 8.54. The molecular weight excluding hydrogens is 408 g/mol. The molecule has 4 aliphatic carbocycles. The zero-order chi connectivity index (χ0) is 23.4. The summed E-state index contributed by atoms with van der Waals surface area (Å²) in [4.78, 5) is 0. The van der Waals surface area contributed by atoms with Crippen molar-refractivity contribution < 1.29 is 14.9 Å². The summed E-state index contributed by atoms with van der Waals surface area (Å²) in [5.41, 5.74) is 4.56. The predicted molar refractivity (Wildman–Crippen MR) is 132 cm³/mol. The van der Waals surface area contributed by atoms with Gasteiger partial charge in [0.15, 0.2) is 0 Å². The average Bonchev–Trinajstić information content (AvgIpc) is 3.03. The second-order valence-corrected chi connectivity index (χ2v) is 11.2. The number of allylic oxidation sites excluding steroid dienone is 3. The molecule has 6 atom stereocenters. The Morgan fingerprint density at radius 3 is 2.73 bits per heavy atom. The third kappa shape index (κ3) is 3.67. The Labute approximate surface area is 198 Å². The summed E-state index contributed by atoms with van der Waals surface area (Å²) < 4.78 is 6.06. The highest BCUT2D eigenvalue weighted by Gasteiger charge is 2.62. The molecular formula is C30H38O3. The maximum atomic E-state index is 11.8. The van der Waals surface area contributed by atoms with Crippen LogP contribution in [0.1, 0.15) is 84.1 Å². The number of aliphatic hydroxyl groups is 2. The highest BCUT2D eigenvalue weighted by atomic mass is 16.5. The molecule has 176 valence electrons. The molecule has 2 saturated carbocycles. The quantitative estimate of drug-likeness (QED) is 0.567. The van der Waals surface area contributed by atoms with Gasteiger partial charge in [-0.25, -0.2) is 0 Å². The number of hydrogen-bond donors (Lipinski definition) is 2. The summed E-state index contributed by atoms with van der Waals surface area (Å²) in [7, 11) is 0. The lowest BCUT2D eigenvalue weighted by molar-refractivity contribution is -0.0514. The third-order valence-corrected chi connectivity index (χ3v) is 8.98. The number of benzene rings is 1. The fourth-order valence-corrected chi connectivity index (χ4v) is 7.57. The fourth-order valence-electron chi connectivity index (χ4n) is 7.57. The van der Waals surface area contributed by atoms with Gasteiger partial charge in [-0.1, -0.05) is 36.6 Å². The molecule has 1 unspecified atom stereocenters. The zero-order valence-electron chi connectivity index (χ0n) is 20.5. The van der Waals surface area contributed by atoms with E-state index in [0.717, 1.165) is 50.7 Å². The van der Waals surface area contributed by atoms with E-state index in [2.05, 4.69) is 56.9 Å². The van der Waals surface area contributed by atoms with Gasteiger partial charge in [-0.15, -0.1) is 5.92 Å². The van der Waals surface area contributed by atoms with Gasteiger partial charge in [0.05, 0.1) is 12.2 Å². The van der Waals surface area contributed by atoms with Crippen LogP contribution in [0.15, 0.2) is 47.1 Å². The Kier molecular flexibility index (Phi) is 5.74. The van der Waals surface area contributed by atoms with Gasteiger partial charge in [-0.2, -0.15) is 0 Å². The van der Waals surface area contributed by atoms with Crippen LogP contribution in [0.25, 0.3) is 0 Å². The van der Waals surface area contributed by atoms with E-state index in [0.29, 0.717) is 11.8 Å². The minimum absolute atomic E-state index is 0.132. The van der Waals surface area contributed by atoms with Gasteiger partial charge in [-0.3, -0.25) is 0 Å². The molecule has 2 N–H and O–H groups in total. The van der Waals surface area contributed by atoms with Crippen molar-refractivity contribution >= 4 is 0 Å². The van der Waals surface area contributed by atoms with Gasteiger partial charge in [0.1, 0.15) is 11.4 Å². The van der Waals surface area contributed by atoms with Crippen molar-refractivity contribution in [1.82, 2.24) is 0 Å². The largest absolute Gasteiger partial charge is 0.491 e. The first-order valence-corrected chi connectivity index (χ1v) is 12.8. The summed E-state index contributed by atoms with van der Waals surface area (Å²) in [6.45, 7) is 8.27. The lowest BCUT2D eigenvalue weighted by Crippen LogP contribution is -2.51. The SMILES string of the molecule is CC#C[C@]1(O)CC[C@H]2[C@@H]3CCC4=CC(O)CCC4=C3[C@@H](c3cccc(OC(C)C)c3)C[C@@]21C. The van der Waals surface area contributed by atoms with E-state index in [4.69, 9.17) is 4.74 Å². The van der Waals surface area contributed by atoms with E-state index in [1.807, 2.05) is 13.0 Å². The molecule has 1 aromatic rings. The molecule has 2 fully saturated rings. The topological polar surface area (TPSA) is 49.7 Å². The van der Waals surface area contributed by atoms with E-state index < -0.39 is 5.60 Å². The maximum absolute atomic E-state index is 11.8. The van der Waals surface area contributed by atoms with Crippen LogP contribution in [0.4, 0.5) is 0 Å². The lowest BCUT2D eigenvalue weighted by atomic mass is 9.51. The average molecular weight is 447 g/mol. The Morgan fingerprint density at radius 1 is 1.15 bits per heavy atom. The van der Waals surface area contributed by atoms with Crippen LogP contribution in [0.3, 0.4) is 0 Å². The highest BCUT2D eigenvalue weighted by molar-refractivity contribution is 5.50. The van der Waals surface area contributed by atoms with Crippen LogP contribution < -0.4 is 4.74 Å². The van der Waals surface area contributed by atoms with Crippen LogP contribution in [0.2, 0.25) is 0 Å². The van der Waals surface area contributed by atoms with Crippen LogP contribution in [0.5, 0.6) is 5.75 Å². The number of hydrogen-bond acceptors (Lipinski definition) is 3. The van der Waals surface area contributed by atoms with E-state index in [1.54, 1.807) is 5.57 Å². The molecule has 0 bridgehead atoms. The smallest absolute Gasteiger partial charge is 0.131 e. The maximum Gasteiger partial charge on any atom is 0.131 e. The first-order chi connectivity index (χ1) is 15.8. The van der Waals surface area contributed by atoms with Crippen molar-refractivity contribution in [2.45, 2.75) is 96.4 Å². The Bertz CT molecular complexity index is 1050. The molecule has 3 heteroatoms. The molecule has 33 heavy (non-hydrogen) atoms. The van der Waals surface area contributed by atoms with Gasteiger partial charge in [-0.05, 0) is 106 Å². The first-order valence-electron chi connectivity index (χ1n) is 12.8. The van der Waals surface area contributed by atoms with Gasteiger partial charge in [0, 0.05) is 11.3 Å². The normalized spacial score (nSPS) is 37.5. The summed E-state index contributed by atoms with van der Waals surface area (Å²) in [5, 5.41) is 22.1. The molecule has 1 aromatic carbocycles. The minimum atomic E-state index is -0.925. The van der Waals surface area contributed by atoms with Crippen LogP contribution >= 0.6 is 0 Å². The van der Waals surface area contributed by atoms with E-state index >= 15 is 0 Å². The molecule has 0 spiro atoms. The van der Waals surface area contributed by atoms with Crippen LogP contribution in [-0.2, 0) is 0 Å². The number of fused-ring (bicyclic) bond motifs is 4. The Hall–Kier alpha value is -2.02. The van der Waals surface area contributed by atoms with Gasteiger partial charge >= 0.3 is 0 Å². The van der Waals surface area contributed by atoms with E-state index in [-0.39, 0.29) is 23.5 Å². The number of rotatable bonds is 3. The van der Waals surface area contributed by atoms with E-state index in [9.17, 15) is 10.2 Å². The predicted octanol–water partition coefficient (Wildman–Crippen LogP) is 5.92. The van der Waals surface area contributed by atoms with Crippen molar-refractivity contribution in [2.75, 3.05) is 0 Å². The minimum Gasteiger partial charge on any atom is -0.491 e. The molecule has 0 amide bonds. The molecule has 4 aliphatic rings. The summed E-state index contributed by atoms with van der Waals surface area (Å²) >= 11 is 0. The van der Waals surface area contributed by atoms with Crippen molar-refractivity contribution in [3.63, 3.8) is 0 Å². The zero-order valence-corrected chi connectivity index (χ0v) is 20.5. The van der Waals surface area contributed by atoms with Gasteiger partial charge in [0.25, 0.3) is 0 Å². The first kappa shape index (κ1) is 22.8. The molecule has 0 aromatic heterocycles. The van der Waals surface area contributed by atoms with Crippen LogP contribution in [-0.4, -0.2) is 28.0 Å². The molecule has 0 heterocycles. The molecule has 3 nitrogen and oxygen atoms in total. The molecule has 0 saturated heterocycles. The van der Waals surface area contributed by atoms with Crippen LogP contribution in [0, 0.1) is 29.1 Å². The van der Waals surface area contributed by atoms with Crippen molar-refractivity contribution in [2.24, 2.45) is 17.3 Å². The summed E-state index contributed by atoms with van der Waals surface area (Å²) in [5.74, 6) is 8.37. The third-order valence-electron chi connectivity index (χ3n) is 8.98. The molecule has 0 radical (unpaired) electrons. The molecule has 5 rings (SSSR count). The number of ether oxygens (including phenoxy) is 1. The van der Waals surface area contributed by atoms with E-state index in [1.165, 1.54) is 16.7 Å². The van der Waals surface area contributed by atoms with Gasteiger partial charge < -0.3 is 14.9 Å². The molecule has 0 aliphatic heterocycles. The monoisotopic (exact) mass is 446 g/mol. The lowest BCUT2D eigenvalue weighted by Gasteiger charge is -2.54. The standard InChI is InChI=1S/C30H38O3/c1-5-14-30(32)15-13-27-25-11-9-21-16-22(31)10-12-24(21)28(25)26(18-29(27,30)4)20-7-6-8-23(17-20)33-19(2)3/h6-8,16-17,19,22,25-27,31-32H,9-13,15,18H2,1-4H3/t22?,25-,26+,27-,29-,30-/m0/s1. The van der Waals surface area contributed by atoms with Gasteiger partial charge in [0.2, 0.25) is 0 Å². The van der Waals surface area contributed by atoms with Crippen molar-refractivity contribution in [3.8, 4) is 17.6 Å². The Morgan fingerprint density at radius 2 is 1.97 bits per heavy atom. The highest BCUT2D eigenvalue weighted by Crippen LogP contribution is 2.66. The van der Waals surface area contributed by atoms with Crippen molar-refractivity contribution in [3.05, 3.63) is 52.6 Å². The summed E-state index contributed by atoms with van der Waals surface area (Å²) in [6, 6.07) is 8.61. The van der Waals surface area contributed by atoms with Crippen molar-refractivity contribution in [1.29, 1.82) is 0 Å². The second-order valence-electron chi connectivity index (χ2n) is 11.2. The number of aliphatic hydroxyl groups excluding tert-OH is 1.